The molecule has 0 aromatic heterocycles. The Hall–Kier alpha value is -0.569. The molecule has 0 amide bonds. The van der Waals surface area contributed by atoms with Crippen LogP contribution in [0.3, 0.4) is 0 Å². The van der Waals surface area contributed by atoms with Gasteiger partial charge in [-0.2, -0.15) is 0 Å². The molecule has 0 N–H and O–H groups in total. The van der Waals surface area contributed by atoms with Crippen LogP contribution < -0.4 is 0 Å². The third kappa shape index (κ3) is 4.74. The van der Waals surface area contributed by atoms with Crippen molar-refractivity contribution in [1.29, 1.82) is 0 Å². The molecule has 122 valence electrons. The number of benzene rings is 2. The van der Waals surface area contributed by atoms with Gasteiger partial charge in [-0.3, -0.25) is 0 Å². The molecule has 0 nitrogen and oxygen atoms in total. The number of halogens is 2. The van der Waals surface area contributed by atoms with Crippen molar-refractivity contribution in [1.82, 2.24) is 0 Å². The minimum absolute atomic E-state index is 0.0859. The van der Waals surface area contributed by atoms with Gasteiger partial charge in [-0.15, -0.1) is 22.2 Å². The average Bonchev–Trinajstić information content (AvgIpc) is 3.12. The van der Waals surface area contributed by atoms with Crippen LogP contribution in [-0.2, 0) is 19.2 Å². The predicted octanol–water partition coefficient (Wildman–Crippen LogP) is 6.77. The van der Waals surface area contributed by atoms with E-state index in [1.54, 1.807) is 11.1 Å². The van der Waals surface area contributed by atoms with Crippen molar-refractivity contribution >= 4 is 41.0 Å². The van der Waals surface area contributed by atoms with Crippen LogP contribution in [0.1, 0.15) is 30.7 Å². The van der Waals surface area contributed by atoms with Crippen LogP contribution in [-0.4, -0.2) is 6.69 Å². The zero-order valence-electron chi connectivity index (χ0n) is 13.8. The third-order valence-electron chi connectivity index (χ3n) is 3.96. The maximum atomic E-state index is 5.43. The zero-order chi connectivity index (χ0) is 17.2. The molecule has 2 atom stereocenters. The van der Waals surface area contributed by atoms with Crippen molar-refractivity contribution in [3.8, 4) is 0 Å². The second-order valence-electron chi connectivity index (χ2n) is 6.43. The minimum atomic E-state index is -1.67. The predicted molar refractivity (Wildman–Crippen MR) is 106 cm³/mol. The summed E-state index contributed by atoms with van der Waals surface area (Å²) in [5, 5.41) is 0. The van der Waals surface area contributed by atoms with E-state index in [0.717, 1.165) is 0 Å². The van der Waals surface area contributed by atoms with Crippen molar-refractivity contribution in [2.24, 2.45) is 0 Å². The molecular formula is C20H20Cl2SiTi. The fraction of sp³-hybridized carbons (Fsp3) is 0.200. The molecule has 2 aliphatic carbocycles. The monoisotopic (exact) mass is 406 g/mol. The Morgan fingerprint density at radius 3 is 1.54 bits per heavy atom. The summed E-state index contributed by atoms with van der Waals surface area (Å²) in [5.41, 5.74) is 5.93. The summed E-state index contributed by atoms with van der Waals surface area (Å²) in [6, 6.07) is 17.7. The first kappa shape index (κ1) is 18.2. The van der Waals surface area contributed by atoms with Crippen molar-refractivity contribution in [3.05, 3.63) is 82.9 Å². The molecular weight excluding hydrogens is 387 g/mol. The van der Waals surface area contributed by atoms with Crippen LogP contribution in [0.5, 0.6) is 0 Å². The van der Waals surface area contributed by atoms with Crippen LogP contribution in [0.2, 0.25) is 13.1 Å². The molecule has 4 rings (SSSR count). The van der Waals surface area contributed by atoms with E-state index in [2.05, 4.69) is 72.8 Å². The quantitative estimate of drug-likeness (QED) is 0.381. The first-order chi connectivity index (χ1) is 11.4. The maximum absolute atomic E-state index is 5.43. The van der Waals surface area contributed by atoms with Gasteiger partial charge in [-0.1, -0.05) is 0 Å². The first-order valence-electron chi connectivity index (χ1n) is 8.10. The molecule has 0 heterocycles. The number of fused-ring (bicyclic) bond motifs is 2. The molecule has 0 bridgehead atoms. The van der Waals surface area contributed by atoms with Gasteiger partial charge in [0.2, 0.25) is 6.69 Å². The van der Waals surface area contributed by atoms with Gasteiger partial charge in [-0.25, -0.2) is 0 Å². The van der Waals surface area contributed by atoms with Gasteiger partial charge >= 0.3 is 123 Å². The van der Waals surface area contributed by atoms with E-state index in [0.29, 0.717) is 8.45 Å². The maximum Gasteiger partial charge on any atom is 0.245 e. The normalized spacial score (nSPS) is 20.2. The molecule has 0 aliphatic heterocycles. The Morgan fingerprint density at radius 2 is 1.12 bits per heavy atom. The zero-order valence-corrected chi connectivity index (χ0v) is 17.9. The van der Waals surface area contributed by atoms with E-state index in [1.807, 2.05) is 13.1 Å². The molecule has 2 aromatic carbocycles. The Balaban J connectivity index is 0.000000300. The fourth-order valence-electron chi connectivity index (χ4n) is 2.98. The second-order valence-corrected chi connectivity index (χ2v) is 17.8. The standard InChI is InChI=1S/2C9H7.C2H6Cl2Si.Ti/c2*1-2-5-9-7-3-6-8(9)4-1;1-5(2,3)4;/h2*1-7H;1-2H3;. The molecule has 0 radical (unpaired) electrons. The summed E-state index contributed by atoms with van der Waals surface area (Å²) >= 11 is 10.8. The van der Waals surface area contributed by atoms with Gasteiger partial charge in [0.05, 0.1) is 0 Å². The molecule has 2 aromatic rings. The third-order valence-corrected chi connectivity index (χ3v) is 6.65. The SMILES string of the molecule is C1=C[CH]([Ti][CH]2C=Cc3ccccc32)c2ccccc21.C[Si](C)(Cl)Cl. The minimum Gasteiger partial charge on any atom is -0.146 e. The van der Waals surface area contributed by atoms with Gasteiger partial charge in [-0.05, 0) is 13.1 Å². The van der Waals surface area contributed by atoms with E-state index in [4.69, 9.17) is 22.2 Å². The van der Waals surface area contributed by atoms with E-state index in [1.165, 1.54) is 11.1 Å². The van der Waals surface area contributed by atoms with Gasteiger partial charge in [0.1, 0.15) is 0 Å². The molecule has 4 heteroatoms. The van der Waals surface area contributed by atoms with Crippen LogP contribution in [0, 0.1) is 0 Å². The molecule has 0 saturated heterocycles. The first-order valence-corrected chi connectivity index (χ1v) is 14.9. The summed E-state index contributed by atoms with van der Waals surface area (Å²) in [6.07, 6.45) is 9.43. The Labute approximate surface area is 163 Å². The molecule has 0 spiro atoms. The van der Waals surface area contributed by atoms with Crippen LogP contribution >= 0.6 is 22.2 Å². The molecule has 0 saturated carbocycles. The summed E-state index contributed by atoms with van der Waals surface area (Å²) in [5.74, 6) is 0. The van der Waals surface area contributed by atoms with Gasteiger partial charge in [0.25, 0.3) is 0 Å². The fourth-order valence-corrected chi connectivity index (χ4v) is 5.62. The topological polar surface area (TPSA) is 0 Å². The summed E-state index contributed by atoms with van der Waals surface area (Å²) in [4.78, 5) is 0. The van der Waals surface area contributed by atoms with Crippen LogP contribution in [0.25, 0.3) is 12.2 Å². The van der Waals surface area contributed by atoms with E-state index < -0.39 is 6.69 Å². The van der Waals surface area contributed by atoms with Crippen LogP contribution in [0.4, 0.5) is 0 Å². The van der Waals surface area contributed by atoms with Gasteiger partial charge in [0, 0.05) is 0 Å². The number of rotatable bonds is 2. The Bertz CT molecular complexity index is 712. The Kier molecular flexibility index (Phi) is 5.90. The second kappa shape index (κ2) is 7.76. The van der Waals surface area contributed by atoms with E-state index >= 15 is 0 Å². The molecule has 2 aliphatic rings. The Morgan fingerprint density at radius 1 is 0.750 bits per heavy atom. The van der Waals surface area contributed by atoms with Crippen molar-refractivity contribution in [2.45, 2.75) is 21.5 Å². The van der Waals surface area contributed by atoms with E-state index in [9.17, 15) is 0 Å². The van der Waals surface area contributed by atoms with Crippen molar-refractivity contribution in [3.63, 3.8) is 0 Å². The van der Waals surface area contributed by atoms with Gasteiger partial charge in [0.15, 0.2) is 0 Å². The van der Waals surface area contributed by atoms with Crippen molar-refractivity contribution < 1.29 is 19.2 Å². The number of hydrogen-bond donors (Lipinski definition) is 0. The van der Waals surface area contributed by atoms with E-state index in [-0.39, 0.29) is 19.2 Å². The summed E-state index contributed by atoms with van der Waals surface area (Å²) < 4.78 is 1.38. The average molecular weight is 407 g/mol. The number of allylic oxidation sites excluding steroid dienone is 2. The molecule has 0 fully saturated rings. The van der Waals surface area contributed by atoms with Gasteiger partial charge < -0.3 is 0 Å². The molecule has 2 unspecified atom stereocenters. The molecule has 24 heavy (non-hydrogen) atoms. The largest absolute Gasteiger partial charge is 0.245 e. The summed E-state index contributed by atoms with van der Waals surface area (Å²) in [7, 11) is 0. The van der Waals surface area contributed by atoms with Crippen molar-refractivity contribution in [2.75, 3.05) is 0 Å². The smallest absolute Gasteiger partial charge is 0.146 e. The van der Waals surface area contributed by atoms with Crippen LogP contribution in [0.15, 0.2) is 60.7 Å². The number of hydrogen-bond acceptors (Lipinski definition) is 0. The summed E-state index contributed by atoms with van der Waals surface area (Å²) in [6.45, 7) is 2.05.